The van der Waals surface area contributed by atoms with E-state index in [2.05, 4.69) is 12.2 Å². The van der Waals surface area contributed by atoms with Gasteiger partial charge >= 0.3 is 6.03 Å². The van der Waals surface area contributed by atoms with Crippen LogP contribution in [0.5, 0.6) is 0 Å². The second-order valence-corrected chi connectivity index (χ2v) is 6.08. The Labute approximate surface area is 129 Å². The van der Waals surface area contributed by atoms with Gasteiger partial charge in [-0.2, -0.15) is 0 Å². The topological polar surface area (TPSA) is 58.4 Å². The second-order valence-electron chi connectivity index (χ2n) is 5.27. The molecule has 0 radical (unpaired) electrons. The fraction of sp³-hybridized carbons (Fsp3) is 0.500. The van der Waals surface area contributed by atoms with Gasteiger partial charge in [0.1, 0.15) is 0 Å². The fourth-order valence-electron chi connectivity index (χ4n) is 2.42. The van der Waals surface area contributed by atoms with E-state index in [1.165, 1.54) is 0 Å². The third-order valence-electron chi connectivity index (χ3n) is 3.87. The van der Waals surface area contributed by atoms with Crippen molar-refractivity contribution in [3.8, 4) is 0 Å². The van der Waals surface area contributed by atoms with Crippen molar-refractivity contribution >= 4 is 34.9 Å². The first-order chi connectivity index (χ1) is 9.51. The summed E-state index contributed by atoms with van der Waals surface area (Å²) in [6, 6.07) is 4.93. The molecule has 0 saturated carbocycles. The number of hydrogen-bond donors (Lipinski definition) is 2. The maximum absolute atomic E-state index is 12.2. The molecule has 1 aromatic rings. The van der Waals surface area contributed by atoms with E-state index in [9.17, 15) is 4.79 Å². The molecular weight excluding hydrogens is 297 g/mol. The first-order valence-electron chi connectivity index (χ1n) is 6.72. The Morgan fingerprint density at radius 1 is 1.45 bits per heavy atom. The van der Waals surface area contributed by atoms with E-state index in [1.807, 2.05) is 0 Å². The molecule has 1 aliphatic rings. The van der Waals surface area contributed by atoms with Gasteiger partial charge < -0.3 is 16.0 Å². The number of anilines is 1. The van der Waals surface area contributed by atoms with Gasteiger partial charge in [0.05, 0.1) is 10.0 Å². The van der Waals surface area contributed by atoms with Crippen LogP contribution in [-0.4, -0.2) is 30.6 Å². The smallest absolute Gasteiger partial charge is 0.321 e. The normalized spacial score (nSPS) is 22.7. The predicted molar refractivity (Wildman–Crippen MR) is 83.4 cm³/mol. The standard InChI is InChI=1S/C14H19Cl2N3O/c1-9-4-5-19(8-10(9)7-17)14(20)18-11-2-3-12(15)13(16)6-11/h2-3,6,9-10H,4-5,7-8,17H2,1H3,(H,18,20). The summed E-state index contributed by atoms with van der Waals surface area (Å²) in [5.41, 5.74) is 6.40. The third kappa shape index (κ3) is 3.57. The van der Waals surface area contributed by atoms with Crippen molar-refractivity contribution in [2.75, 3.05) is 25.0 Å². The summed E-state index contributed by atoms with van der Waals surface area (Å²) >= 11 is 11.8. The maximum Gasteiger partial charge on any atom is 0.321 e. The lowest BCUT2D eigenvalue weighted by molar-refractivity contribution is 0.149. The molecule has 1 heterocycles. The van der Waals surface area contributed by atoms with Crippen molar-refractivity contribution in [3.05, 3.63) is 28.2 Å². The summed E-state index contributed by atoms with van der Waals surface area (Å²) in [4.78, 5) is 14.0. The number of urea groups is 1. The Bertz CT molecular complexity index is 495. The number of rotatable bonds is 2. The fourth-order valence-corrected chi connectivity index (χ4v) is 2.72. The summed E-state index contributed by atoms with van der Waals surface area (Å²) in [6.07, 6.45) is 0.983. The number of carbonyl (C=O) groups is 1. The molecule has 110 valence electrons. The van der Waals surface area contributed by atoms with Crippen LogP contribution in [0.4, 0.5) is 10.5 Å². The zero-order valence-electron chi connectivity index (χ0n) is 11.4. The van der Waals surface area contributed by atoms with E-state index in [0.29, 0.717) is 40.7 Å². The summed E-state index contributed by atoms with van der Waals surface area (Å²) in [5, 5.41) is 3.74. The van der Waals surface area contributed by atoms with Gasteiger partial charge in [-0.05, 0) is 43.0 Å². The van der Waals surface area contributed by atoms with E-state index >= 15 is 0 Å². The number of hydrogen-bond acceptors (Lipinski definition) is 2. The van der Waals surface area contributed by atoms with Crippen LogP contribution in [0.1, 0.15) is 13.3 Å². The zero-order chi connectivity index (χ0) is 14.7. The molecule has 2 rings (SSSR count). The number of benzene rings is 1. The van der Waals surface area contributed by atoms with Gasteiger partial charge in [0.15, 0.2) is 0 Å². The van der Waals surface area contributed by atoms with Gasteiger partial charge in [0, 0.05) is 18.8 Å². The lowest BCUT2D eigenvalue weighted by atomic mass is 9.87. The van der Waals surface area contributed by atoms with Gasteiger partial charge in [0.2, 0.25) is 0 Å². The number of nitrogens with two attached hydrogens (primary N) is 1. The molecule has 2 unspecified atom stereocenters. The van der Waals surface area contributed by atoms with Crippen molar-refractivity contribution in [2.24, 2.45) is 17.6 Å². The Kier molecular flexibility index (Phi) is 5.13. The highest BCUT2D eigenvalue weighted by Crippen LogP contribution is 2.26. The highest BCUT2D eigenvalue weighted by molar-refractivity contribution is 6.42. The quantitative estimate of drug-likeness (QED) is 0.878. The molecule has 3 N–H and O–H groups in total. The minimum absolute atomic E-state index is 0.117. The Balaban J connectivity index is 1.99. The Hall–Kier alpha value is -0.970. The first kappa shape index (κ1) is 15.4. The molecule has 2 atom stereocenters. The van der Waals surface area contributed by atoms with Gasteiger partial charge in [-0.25, -0.2) is 4.79 Å². The molecule has 0 aliphatic carbocycles. The van der Waals surface area contributed by atoms with Crippen LogP contribution in [0.3, 0.4) is 0 Å². The van der Waals surface area contributed by atoms with Gasteiger partial charge in [-0.3, -0.25) is 0 Å². The molecule has 20 heavy (non-hydrogen) atoms. The molecule has 1 saturated heterocycles. The Morgan fingerprint density at radius 3 is 2.85 bits per heavy atom. The number of nitrogens with zero attached hydrogens (tertiary/aromatic N) is 1. The molecule has 4 nitrogen and oxygen atoms in total. The van der Waals surface area contributed by atoms with E-state index in [1.54, 1.807) is 23.1 Å². The molecule has 1 aromatic carbocycles. The van der Waals surface area contributed by atoms with E-state index in [0.717, 1.165) is 13.0 Å². The average molecular weight is 316 g/mol. The van der Waals surface area contributed by atoms with Crippen LogP contribution >= 0.6 is 23.2 Å². The first-order valence-corrected chi connectivity index (χ1v) is 7.48. The molecule has 0 bridgehead atoms. The van der Waals surface area contributed by atoms with Crippen LogP contribution in [0, 0.1) is 11.8 Å². The number of halogens is 2. The summed E-state index contributed by atoms with van der Waals surface area (Å²) in [7, 11) is 0. The largest absolute Gasteiger partial charge is 0.330 e. The molecular formula is C14H19Cl2N3O. The van der Waals surface area contributed by atoms with Crippen molar-refractivity contribution in [1.29, 1.82) is 0 Å². The van der Waals surface area contributed by atoms with Crippen molar-refractivity contribution in [2.45, 2.75) is 13.3 Å². The lowest BCUT2D eigenvalue weighted by Gasteiger charge is -2.36. The SMILES string of the molecule is CC1CCN(C(=O)Nc2ccc(Cl)c(Cl)c2)CC1CN. The highest BCUT2D eigenvalue weighted by atomic mass is 35.5. The van der Waals surface area contributed by atoms with Crippen LogP contribution in [0.2, 0.25) is 10.0 Å². The second kappa shape index (κ2) is 6.66. The summed E-state index contributed by atoms with van der Waals surface area (Å²) in [5.74, 6) is 0.928. The monoisotopic (exact) mass is 315 g/mol. The number of likely N-dealkylation sites (tertiary alicyclic amines) is 1. The zero-order valence-corrected chi connectivity index (χ0v) is 12.9. The molecule has 0 aromatic heterocycles. The van der Waals surface area contributed by atoms with Crippen molar-refractivity contribution < 1.29 is 4.79 Å². The lowest BCUT2D eigenvalue weighted by Crippen LogP contribution is -2.47. The number of piperidine rings is 1. The van der Waals surface area contributed by atoms with Crippen LogP contribution in [0.25, 0.3) is 0 Å². The Morgan fingerprint density at radius 2 is 2.20 bits per heavy atom. The summed E-state index contributed by atoms with van der Waals surface area (Å²) in [6.45, 7) is 4.25. The minimum Gasteiger partial charge on any atom is -0.330 e. The molecule has 0 spiro atoms. The van der Waals surface area contributed by atoms with E-state index < -0.39 is 0 Å². The number of carbonyl (C=O) groups excluding carboxylic acids is 1. The maximum atomic E-state index is 12.2. The van der Waals surface area contributed by atoms with Crippen LogP contribution in [-0.2, 0) is 0 Å². The number of nitrogens with one attached hydrogen (secondary N) is 1. The molecule has 1 aliphatic heterocycles. The van der Waals surface area contributed by atoms with Gasteiger partial charge in [-0.1, -0.05) is 30.1 Å². The van der Waals surface area contributed by atoms with Crippen molar-refractivity contribution in [1.82, 2.24) is 4.90 Å². The number of amides is 2. The van der Waals surface area contributed by atoms with Gasteiger partial charge in [0.25, 0.3) is 0 Å². The van der Waals surface area contributed by atoms with E-state index in [-0.39, 0.29) is 6.03 Å². The van der Waals surface area contributed by atoms with Crippen LogP contribution < -0.4 is 11.1 Å². The third-order valence-corrected chi connectivity index (χ3v) is 4.61. The van der Waals surface area contributed by atoms with E-state index in [4.69, 9.17) is 28.9 Å². The van der Waals surface area contributed by atoms with Gasteiger partial charge in [-0.15, -0.1) is 0 Å². The average Bonchev–Trinajstić information content (AvgIpc) is 2.43. The highest BCUT2D eigenvalue weighted by Gasteiger charge is 2.27. The molecule has 6 heteroatoms. The minimum atomic E-state index is -0.117. The summed E-state index contributed by atoms with van der Waals surface area (Å²) < 4.78 is 0. The molecule has 2 amide bonds. The predicted octanol–water partition coefficient (Wildman–Crippen LogP) is 3.44. The van der Waals surface area contributed by atoms with Crippen molar-refractivity contribution in [3.63, 3.8) is 0 Å². The molecule has 1 fully saturated rings. The van der Waals surface area contributed by atoms with Crippen LogP contribution in [0.15, 0.2) is 18.2 Å².